The summed E-state index contributed by atoms with van der Waals surface area (Å²) in [6.45, 7) is 2.40. The molecule has 1 aliphatic carbocycles. The fraction of sp³-hybridized carbons (Fsp3) is 0.0769. The van der Waals surface area contributed by atoms with Crippen LogP contribution in [0, 0.1) is 11.8 Å². The minimum Gasteiger partial charge on any atom is -0.297 e. The molecule has 0 N–H and O–H groups in total. The molecule has 4 heterocycles. The molecule has 11 aromatic rings. The number of nitrogens with zero attached hydrogens (tertiary/aromatic N) is 3. The molecule has 0 saturated heterocycles. The molecule has 2 aliphatic rings. The van der Waals surface area contributed by atoms with Gasteiger partial charge in [0.15, 0.2) is 5.84 Å². The van der Waals surface area contributed by atoms with E-state index in [1.807, 2.05) is 22.7 Å². The lowest BCUT2D eigenvalue weighted by molar-refractivity contribution is 0.660. The Bertz CT molecular complexity index is 3570. The summed E-state index contributed by atoms with van der Waals surface area (Å²) >= 11 is 3.75. The van der Waals surface area contributed by atoms with Gasteiger partial charge in [-0.1, -0.05) is 146 Å². The van der Waals surface area contributed by atoms with Crippen molar-refractivity contribution in [3.05, 3.63) is 181 Å². The van der Waals surface area contributed by atoms with Gasteiger partial charge in [0.2, 0.25) is 0 Å². The number of amidine groups is 1. The zero-order chi connectivity index (χ0) is 37.4. The second kappa shape index (κ2) is 11.6. The Morgan fingerprint density at radius 2 is 1.19 bits per heavy atom. The SMILES string of the molecule is CC1C2C(n3c4cc(-c5ccccc5)ccc4c4c5ccccc5ccc43)=NC(c3cccc4c3sc3ccccc34)=NC12c1cccc2c1sc1ccccc12. The highest BCUT2D eigenvalue weighted by Crippen LogP contribution is 2.65. The van der Waals surface area contributed by atoms with E-state index in [4.69, 9.17) is 9.98 Å². The lowest BCUT2D eigenvalue weighted by atomic mass is 9.97. The first-order valence-electron chi connectivity index (χ1n) is 19.7. The van der Waals surface area contributed by atoms with Gasteiger partial charge in [-0.05, 0) is 63.7 Å². The van der Waals surface area contributed by atoms with Gasteiger partial charge in [-0.2, -0.15) is 0 Å². The first-order chi connectivity index (χ1) is 28.2. The Morgan fingerprint density at radius 1 is 0.526 bits per heavy atom. The molecule has 0 spiro atoms. The summed E-state index contributed by atoms with van der Waals surface area (Å²) in [5, 5.41) is 10.2. The second-order valence-corrected chi connectivity index (χ2v) is 17.8. The molecule has 13 rings (SSSR count). The van der Waals surface area contributed by atoms with E-state index < -0.39 is 5.54 Å². The van der Waals surface area contributed by atoms with E-state index in [0.29, 0.717) is 0 Å². The van der Waals surface area contributed by atoms with Crippen LogP contribution in [0.5, 0.6) is 0 Å². The van der Waals surface area contributed by atoms with Crippen molar-refractivity contribution in [2.24, 2.45) is 21.8 Å². The van der Waals surface area contributed by atoms with E-state index in [0.717, 1.165) is 17.2 Å². The molecule has 1 fully saturated rings. The molecule has 0 amide bonds. The van der Waals surface area contributed by atoms with Crippen LogP contribution in [-0.4, -0.2) is 16.2 Å². The zero-order valence-electron chi connectivity index (χ0n) is 31.0. The zero-order valence-corrected chi connectivity index (χ0v) is 32.6. The molecule has 1 saturated carbocycles. The highest BCUT2D eigenvalue weighted by atomic mass is 32.1. The summed E-state index contributed by atoms with van der Waals surface area (Å²) in [4.78, 5) is 11.7. The van der Waals surface area contributed by atoms with Gasteiger partial charge in [0.1, 0.15) is 11.4 Å². The average Bonchev–Trinajstić information content (AvgIpc) is 3.58. The van der Waals surface area contributed by atoms with E-state index in [1.165, 1.54) is 89.6 Å². The molecule has 3 nitrogen and oxygen atoms in total. The van der Waals surface area contributed by atoms with E-state index >= 15 is 0 Å². The smallest absolute Gasteiger partial charge is 0.159 e. The van der Waals surface area contributed by atoms with Crippen molar-refractivity contribution in [2.45, 2.75) is 12.5 Å². The summed E-state index contributed by atoms with van der Waals surface area (Å²) in [6, 6.07) is 62.3. The van der Waals surface area contributed by atoms with Gasteiger partial charge < -0.3 is 0 Å². The van der Waals surface area contributed by atoms with Gasteiger partial charge in [0.25, 0.3) is 0 Å². The highest BCUT2D eigenvalue weighted by Gasteiger charge is 2.68. The van der Waals surface area contributed by atoms with E-state index in [1.54, 1.807) is 0 Å². The summed E-state index contributed by atoms with van der Waals surface area (Å²) in [5.74, 6) is 2.18. The van der Waals surface area contributed by atoms with Crippen molar-refractivity contribution in [1.82, 2.24) is 4.57 Å². The molecule has 268 valence electrons. The molecule has 57 heavy (non-hydrogen) atoms. The van der Waals surface area contributed by atoms with Crippen LogP contribution in [0.4, 0.5) is 0 Å². The maximum absolute atomic E-state index is 5.91. The van der Waals surface area contributed by atoms with Gasteiger partial charge in [-0.25, -0.2) is 4.99 Å². The van der Waals surface area contributed by atoms with Gasteiger partial charge in [-0.15, -0.1) is 22.7 Å². The number of aromatic nitrogens is 1. The third-order valence-corrected chi connectivity index (χ3v) is 15.3. The van der Waals surface area contributed by atoms with Crippen LogP contribution in [0.15, 0.2) is 180 Å². The molecule has 3 unspecified atom stereocenters. The third-order valence-electron chi connectivity index (χ3n) is 12.8. The fourth-order valence-corrected chi connectivity index (χ4v) is 12.6. The van der Waals surface area contributed by atoms with Crippen LogP contribution in [0.25, 0.3) is 84.0 Å². The van der Waals surface area contributed by atoms with Crippen LogP contribution in [-0.2, 0) is 5.54 Å². The van der Waals surface area contributed by atoms with Crippen LogP contribution in [0.3, 0.4) is 0 Å². The lowest BCUT2D eigenvalue weighted by Crippen LogP contribution is -2.27. The molecule has 0 bridgehead atoms. The summed E-state index contributed by atoms with van der Waals surface area (Å²) in [6.07, 6.45) is 0. The van der Waals surface area contributed by atoms with Gasteiger partial charge in [0.05, 0.1) is 17.0 Å². The summed E-state index contributed by atoms with van der Waals surface area (Å²) < 4.78 is 7.68. The maximum Gasteiger partial charge on any atom is 0.159 e. The van der Waals surface area contributed by atoms with Gasteiger partial charge in [-0.3, -0.25) is 9.56 Å². The van der Waals surface area contributed by atoms with Crippen molar-refractivity contribution >= 4 is 107 Å². The largest absolute Gasteiger partial charge is 0.297 e. The number of aliphatic imine (C=N–C) groups is 2. The monoisotopic (exact) mass is 763 g/mol. The van der Waals surface area contributed by atoms with Crippen molar-refractivity contribution in [3.63, 3.8) is 0 Å². The first kappa shape index (κ1) is 31.8. The number of rotatable bonds is 3. The van der Waals surface area contributed by atoms with Gasteiger partial charge >= 0.3 is 0 Å². The highest BCUT2D eigenvalue weighted by molar-refractivity contribution is 7.26. The van der Waals surface area contributed by atoms with Crippen molar-refractivity contribution in [1.29, 1.82) is 0 Å². The molecular formula is C52H33N3S2. The Hall–Kier alpha value is -6.40. The minimum absolute atomic E-state index is 0.0734. The van der Waals surface area contributed by atoms with Crippen molar-refractivity contribution in [2.75, 3.05) is 0 Å². The Labute approximate surface area is 336 Å². The van der Waals surface area contributed by atoms with E-state index in [2.05, 4.69) is 181 Å². The number of hydrogen-bond donors (Lipinski definition) is 0. The molecule has 1 aliphatic heterocycles. The number of fused-ring (bicyclic) bond motifs is 12. The van der Waals surface area contributed by atoms with Crippen molar-refractivity contribution in [3.8, 4) is 11.1 Å². The Kier molecular flexibility index (Phi) is 6.45. The number of thiophene rings is 2. The Morgan fingerprint density at radius 3 is 2.00 bits per heavy atom. The van der Waals surface area contributed by atoms with Gasteiger partial charge in [0, 0.05) is 56.7 Å². The number of hydrogen-bond acceptors (Lipinski definition) is 4. The second-order valence-electron chi connectivity index (χ2n) is 15.7. The Balaban J connectivity index is 1.15. The summed E-state index contributed by atoms with van der Waals surface area (Å²) in [7, 11) is 0. The van der Waals surface area contributed by atoms with E-state index in [9.17, 15) is 0 Å². The first-order valence-corrected chi connectivity index (χ1v) is 21.3. The number of benzene rings is 8. The molecule has 0 radical (unpaired) electrons. The molecule has 3 aromatic heterocycles. The topological polar surface area (TPSA) is 29.6 Å². The predicted molar refractivity (Wildman–Crippen MR) is 245 cm³/mol. The normalized spacial score (nSPS) is 19.2. The van der Waals surface area contributed by atoms with Crippen LogP contribution in [0.2, 0.25) is 0 Å². The molecule has 8 aromatic carbocycles. The van der Waals surface area contributed by atoms with Crippen molar-refractivity contribution < 1.29 is 0 Å². The van der Waals surface area contributed by atoms with Crippen LogP contribution in [0.1, 0.15) is 18.1 Å². The average molecular weight is 764 g/mol. The third kappa shape index (κ3) is 4.30. The predicted octanol–water partition coefficient (Wildman–Crippen LogP) is 14.2. The van der Waals surface area contributed by atoms with Crippen LogP contribution >= 0.6 is 22.7 Å². The summed E-state index contributed by atoms with van der Waals surface area (Å²) in [5.41, 5.74) is 6.68. The molecule has 3 atom stereocenters. The minimum atomic E-state index is -0.484. The fourth-order valence-electron chi connectivity index (χ4n) is 10.1. The quantitative estimate of drug-likeness (QED) is 0.172. The standard InChI is InChI=1S/C52H33N3S2/c1-30-47-51(55-42-28-26-32-15-5-6-16-34(32)46(42)39-27-25-33(29-43(39)55)31-13-3-2-4-14-31)53-50(40-21-11-19-37-35-17-7-9-23-44(35)56-48(37)40)54-52(30,47)41-22-12-20-38-36-18-8-10-24-45(36)57-49(38)41/h2-30,47H,1H3. The maximum atomic E-state index is 5.91. The molecular weight excluding hydrogens is 731 g/mol. The van der Waals surface area contributed by atoms with Crippen LogP contribution < -0.4 is 0 Å². The van der Waals surface area contributed by atoms with E-state index in [-0.39, 0.29) is 11.8 Å². The lowest BCUT2D eigenvalue weighted by Gasteiger charge is -2.23. The molecule has 5 heteroatoms.